The number of anilines is 3. The monoisotopic (exact) mass is 363 g/mol. The number of halogens is 1. The number of nitrogens with zero attached hydrogens (tertiary/aromatic N) is 1. The largest absolute Gasteiger partial charge is 0.323 e. The van der Waals surface area contributed by atoms with E-state index in [1.54, 1.807) is 31.2 Å². The predicted molar refractivity (Wildman–Crippen MR) is 96.1 cm³/mol. The van der Waals surface area contributed by atoms with E-state index in [1.165, 1.54) is 16.4 Å². The number of carbonyl (C=O) groups excluding carboxylic acids is 1. The van der Waals surface area contributed by atoms with Gasteiger partial charge in [0.05, 0.1) is 11.9 Å². The Kier molecular flexibility index (Phi) is 4.38. The van der Waals surface area contributed by atoms with Crippen LogP contribution in [0.5, 0.6) is 0 Å². The zero-order valence-electron chi connectivity index (χ0n) is 13.8. The Morgan fingerprint density at radius 1 is 1.20 bits per heavy atom. The molecule has 2 aromatic carbocycles. The molecule has 0 saturated carbocycles. The van der Waals surface area contributed by atoms with E-state index in [0.717, 1.165) is 11.8 Å². The molecule has 2 amide bonds. The van der Waals surface area contributed by atoms with Gasteiger partial charge in [-0.2, -0.15) is 0 Å². The molecular weight excluding hydrogens is 345 g/mol. The summed E-state index contributed by atoms with van der Waals surface area (Å²) in [6, 6.07) is 9.04. The molecule has 25 heavy (non-hydrogen) atoms. The molecule has 0 saturated heterocycles. The lowest BCUT2D eigenvalue weighted by atomic mass is 10.1. The minimum atomic E-state index is -3.36. The zero-order chi connectivity index (χ0) is 18.2. The van der Waals surface area contributed by atoms with Crippen molar-refractivity contribution in [1.82, 2.24) is 0 Å². The quantitative estimate of drug-likeness (QED) is 0.879. The van der Waals surface area contributed by atoms with Crippen LogP contribution < -0.4 is 14.9 Å². The summed E-state index contributed by atoms with van der Waals surface area (Å²) in [5.74, 6) is -0.404. The average Bonchev–Trinajstić information content (AvgIpc) is 2.95. The Hall–Kier alpha value is -2.61. The number of sulfonamides is 1. The van der Waals surface area contributed by atoms with Gasteiger partial charge in [0.15, 0.2) is 0 Å². The van der Waals surface area contributed by atoms with Gasteiger partial charge in [-0.15, -0.1) is 0 Å². The van der Waals surface area contributed by atoms with Crippen molar-refractivity contribution in [3.8, 4) is 0 Å². The second-order valence-electron chi connectivity index (χ2n) is 5.92. The molecule has 0 aromatic heterocycles. The maximum atomic E-state index is 13.5. The number of benzene rings is 2. The fourth-order valence-electron chi connectivity index (χ4n) is 2.80. The maximum absolute atomic E-state index is 13.5. The molecule has 0 fully saturated rings. The molecule has 1 heterocycles. The molecule has 8 heteroatoms. The molecule has 2 aromatic rings. The Morgan fingerprint density at radius 3 is 2.68 bits per heavy atom. The van der Waals surface area contributed by atoms with Crippen LogP contribution in [0.2, 0.25) is 0 Å². The van der Waals surface area contributed by atoms with Crippen molar-refractivity contribution < 1.29 is 17.6 Å². The molecular formula is C17H18FN3O3S. The molecule has 0 unspecified atom stereocenters. The topological polar surface area (TPSA) is 78.5 Å². The van der Waals surface area contributed by atoms with E-state index in [1.807, 2.05) is 0 Å². The first-order valence-electron chi connectivity index (χ1n) is 7.69. The van der Waals surface area contributed by atoms with E-state index in [-0.39, 0.29) is 0 Å². The van der Waals surface area contributed by atoms with Gasteiger partial charge in [-0.25, -0.2) is 17.6 Å². The molecule has 2 N–H and O–H groups in total. The highest BCUT2D eigenvalue weighted by Crippen LogP contribution is 2.32. The second-order valence-corrected chi connectivity index (χ2v) is 7.83. The van der Waals surface area contributed by atoms with Crippen LogP contribution in [0.25, 0.3) is 0 Å². The van der Waals surface area contributed by atoms with Gasteiger partial charge < -0.3 is 10.6 Å². The molecule has 6 nitrogen and oxygen atoms in total. The third-order valence-corrected chi connectivity index (χ3v) is 5.29. The highest BCUT2D eigenvalue weighted by molar-refractivity contribution is 7.92. The summed E-state index contributed by atoms with van der Waals surface area (Å²) >= 11 is 0. The summed E-state index contributed by atoms with van der Waals surface area (Å²) in [6.07, 6.45) is 1.79. The van der Waals surface area contributed by atoms with Crippen molar-refractivity contribution in [2.45, 2.75) is 13.3 Å². The number of fused-ring (bicyclic) bond motifs is 1. The molecule has 0 spiro atoms. The van der Waals surface area contributed by atoms with Crippen molar-refractivity contribution in [2.24, 2.45) is 0 Å². The first-order chi connectivity index (χ1) is 11.8. The number of amides is 2. The number of hydrogen-bond donors (Lipinski definition) is 2. The van der Waals surface area contributed by atoms with Crippen LogP contribution in [0.15, 0.2) is 36.4 Å². The molecule has 3 rings (SSSR count). The van der Waals surface area contributed by atoms with Gasteiger partial charge in [-0.3, -0.25) is 4.31 Å². The summed E-state index contributed by atoms with van der Waals surface area (Å²) in [5, 5.41) is 5.23. The number of rotatable bonds is 3. The van der Waals surface area contributed by atoms with Crippen LogP contribution in [0.3, 0.4) is 0 Å². The molecule has 0 radical (unpaired) electrons. The summed E-state index contributed by atoms with van der Waals surface area (Å²) in [7, 11) is -3.36. The zero-order valence-corrected chi connectivity index (χ0v) is 14.7. The van der Waals surface area contributed by atoms with Gasteiger partial charge in [-0.05, 0) is 43.2 Å². The fourth-order valence-corrected chi connectivity index (χ4v) is 3.75. The van der Waals surface area contributed by atoms with Gasteiger partial charge in [0.1, 0.15) is 5.82 Å². The van der Waals surface area contributed by atoms with Crippen molar-refractivity contribution in [2.75, 3.05) is 27.7 Å². The SMILES string of the molecule is Cc1c(F)cccc1NC(=O)Nc1ccc2c(c1)N(S(C)(=O)=O)CC2. The van der Waals surface area contributed by atoms with Gasteiger partial charge >= 0.3 is 6.03 Å². The molecule has 1 aliphatic heterocycles. The lowest BCUT2D eigenvalue weighted by Gasteiger charge is -2.17. The molecule has 0 bridgehead atoms. The molecule has 1 aliphatic rings. The van der Waals surface area contributed by atoms with E-state index in [0.29, 0.717) is 35.6 Å². The van der Waals surface area contributed by atoms with Crippen molar-refractivity contribution >= 4 is 33.1 Å². The van der Waals surface area contributed by atoms with Crippen LogP contribution in [-0.2, 0) is 16.4 Å². The van der Waals surface area contributed by atoms with Gasteiger partial charge in [0.25, 0.3) is 0 Å². The Labute approximate surface area is 145 Å². The standard InChI is InChI=1S/C17H18FN3O3S/c1-11-14(18)4-3-5-15(11)20-17(22)19-13-7-6-12-8-9-21(16(12)10-13)25(2,23)24/h3-7,10H,8-9H2,1-2H3,(H2,19,20,22). The summed E-state index contributed by atoms with van der Waals surface area (Å²) in [6.45, 7) is 1.97. The Bertz CT molecular complexity index is 944. The van der Waals surface area contributed by atoms with E-state index in [2.05, 4.69) is 10.6 Å². The van der Waals surface area contributed by atoms with Crippen LogP contribution in [0.1, 0.15) is 11.1 Å². The molecule has 0 aliphatic carbocycles. The van der Waals surface area contributed by atoms with E-state index < -0.39 is 21.9 Å². The van der Waals surface area contributed by atoms with E-state index in [9.17, 15) is 17.6 Å². The minimum Gasteiger partial charge on any atom is -0.308 e. The summed E-state index contributed by atoms with van der Waals surface area (Å²) in [4.78, 5) is 12.1. The Balaban J connectivity index is 1.78. The first kappa shape index (κ1) is 17.2. The summed E-state index contributed by atoms with van der Waals surface area (Å²) in [5.41, 5.74) is 2.66. The van der Waals surface area contributed by atoms with Gasteiger partial charge in [-0.1, -0.05) is 12.1 Å². The van der Waals surface area contributed by atoms with Crippen LogP contribution in [-0.4, -0.2) is 27.2 Å². The first-order valence-corrected chi connectivity index (χ1v) is 9.54. The van der Waals surface area contributed by atoms with Gasteiger partial charge in [0.2, 0.25) is 10.0 Å². The molecule has 0 atom stereocenters. The van der Waals surface area contributed by atoms with Crippen molar-refractivity contribution in [1.29, 1.82) is 0 Å². The fraction of sp³-hybridized carbons (Fsp3) is 0.235. The van der Waals surface area contributed by atoms with Crippen LogP contribution >= 0.6 is 0 Å². The third-order valence-electron chi connectivity index (χ3n) is 4.11. The van der Waals surface area contributed by atoms with Crippen LogP contribution in [0.4, 0.5) is 26.2 Å². The average molecular weight is 363 g/mol. The van der Waals surface area contributed by atoms with Gasteiger partial charge in [0, 0.05) is 23.5 Å². The maximum Gasteiger partial charge on any atom is 0.323 e. The predicted octanol–water partition coefficient (Wildman–Crippen LogP) is 3.10. The number of carbonyl (C=O) groups is 1. The highest BCUT2D eigenvalue weighted by atomic mass is 32.2. The normalized spacial score (nSPS) is 13.5. The number of nitrogens with one attached hydrogen (secondary N) is 2. The van der Waals surface area contributed by atoms with Crippen molar-refractivity contribution in [3.05, 3.63) is 53.3 Å². The van der Waals surface area contributed by atoms with E-state index in [4.69, 9.17) is 0 Å². The summed E-state index contributed by atoms with van der Waals surface area (Å²) < 4.78 is 38.5. The smallest absolute Gasteiger partial charge is 0.308 e. The minimum absolute atomic E-state index is 0.342. The second kappa shape index (κ2) is 6.36. The van der Waals surface area contributed by atoms with E-state index >= 15 is 0 Å². The molecule has 132 valence electrons. The Morgan fingerprint density at radius 2 is 1.96 bits per heavy atom. The van der Waals surface area contributed by atoms with Crippen LogP contribution in [0, 0.1) is 12.7 Å². The number of hydrogen-bond acceptors (Lipinski definition) is 3. The lowest BCUT2D eigenvalue weighted by molar-refractivity contribution is 0.262. The lowest BCUT2D eigenvalue weighted by Crippen LogP contribution is -2.27. The number of urea groups is 1. The van der Waals surface area contributed by atoms with Crippen molar-refractivity contribution in [3.63, 3.8) is 0 Å². The third kappa shape index (κ3) is 3.58. The highest BCUT2D eigenvalue weighted by Gasteiger charge is 2.26.